The van der Waals surface area contributed by atoms with E-state index in [1.54, 1.807) is 20.8 Å². The molecule has 24 heavy (non-hydrogen) atoms. The lowest BCUT2D eigenvalue weighted by Crippen LogP contribution is -2.34. The summed E-state index contributed by atoms with van der Waals surface area (Å²) < 4.78 is 42.4. The van der Waals surface area contributed by atoms with Gasteiger partial charge in [-0.1, -0.05) is 11.6 Å². The van der Waals surface area contributed by atoms with E-state index in [2.05, 4.69) is 4.98 Å². The van der Waals surface area contributed by atoms with Gasteiger partial charge in [-0.3, -0.25) is 5.32 Å². The smallest absolute Gasteiger partial charge is 0.433 e. The molecule has 0 atom stereocenters. The molecule has 1 rings (SSSR count). The summed E-state index contributed by atoms with van der Waals surface area (Å²) in [5.74, 6) is -1.53. The molecule has 1 aromatic heterocycles. The van der Waals surface area contributed by atoms with Crippen LogP contribution in [0.2, 0.25) is 5.15 Å². The number of carboxylic acids is 1. The van der Waals surface area contributed by atoms with Gasteiger partial charge < -0.3 is 9.84 Å². The highest BCUT2D eigenvalue weighted by Gasteiger charge is 2.32. The molecule has 6 nitrogen and oxygen atoms in total. The number of aromatic nitrogens is 1. The van der Waals surface area contributed by atoms with Crippen molar-refractivity contribution in [2.45, 2.75) is 32.5 Å². The molecule has 10 heteroatoms. The number of nitrogens with zero attached hydrogens (tertiary/aromatic N) is 1. The van der Waals surface area contributed by atoms with E-state index in [-0.39, 0.29) is 5.56 Å². The number of hydrogen-bond donors (Lipinski definition) is 2. The zero-order valence-corrected chi connectivity index (χ0v) is 13.6. The summed E-state index contributed by atoms with van der Waals surface area (Å²) in [6, 6.07) is 1.59. The van der Waals surface area contributed by atoms with Gasteiger partial charge >= 0.3 is 18.2 Å². The fourth-order valence-electron chi connectivity index (χ4n) is 1.43. The maximum absolute atomic E-state index is 12.5. The molecule has 1 aromatic rings. The number of carboxylic acid groups (broad SMARTS) is 1. The number of amides is 1. The third kappa shape index (κ3) is 6.07. The average Bonchev–Trinajstić information content (AvgIpc) is 2.36. The van der Waals surface area contributed by atoms with Gasteiger partial charge in [0.2, 0.25) is 0 Å². The lowest BCUT2D eigenvalue weighted by atomic mass is 10.2. The standard InChI is InChI=1S/C14H14ClF3N2O4/c1-13(2,3)24-12(23)19-8(11(21)22)6-7-4-5-9(14(16,17)18)20-10(7)15/h4-6H,1-3H3,(H,19,23)(H,21,22). The molecule has 0 aliphatic rings. The predicted octanol–water partition coefficient (Wildman–Crippen LogP) is 3.70. The van der Waals surface area contributed by atoms with Crippen LogP contribution in [0.4, 0.5) is 18.0 Å². The molecule has 0 bridgehead atoms. The molecule has 0 fully saturated rings. The molecule has 0 spiro atoms. The molecule has 2 N–H and O–H groups in total. The van der Waals surface area contributed by atoms with Crippen molar-refractivity contribution >= 4 is 29.7 Å². The summed E-state index contributed by atoms with van der Waals surface area (Å²) in [6.45, 7) is 4.73. The Bertz CT molecular complexity index is 682. The van der Waals surface area contributed by atoms with E-state index in [0.717, 1.165) is 12.1 Å². The van der Waals surface area contributed by atoms with Crippen molar-refractivity contribution in [2.24, 2.45) is 0 Å². The maximum atomic E-state index is 12.5. The molecule has 0 unspecified atom stereocenters. The lowest BCUT2D eigenvalue weighted by molar-refractivity contribution is -0.141. The van der Waals surface area contributed by atoms with Crippen LogP contribution in [0.5, 0.6) is 0 Å². The summed E-state index contributed by atoms with van der Waals surface area (Å²) >= 11 is 5.63. The Labute approximate surface area is 140 Å². The topological polar surface area (TPSA) is 88.5 Å². The van der Waals surface area contributed by atoms with Gasteiger partial charge in [-0.25, -0.2) is 14.6 Å². The van der Waals surface area contributed by atoms with Gasteiger partial charge in [-0.05, 0) is 39.0 Å². The minimum atomic E-state index is -4.68. The highest BCUT2D eigenvalue weighted by atomic mass is 35.5. The SMILES string of the molecule is CC(C)(C)OC(=O)NC(=Cc1ccc(C(F)(F)F)nc1Cl)C(=O)O. The van der Waals surface area contributed by atoms with Gasteiger partial charge in [-0.15, -0.1) is 0 Å². The van der Waals surface area contributed by atoms with E-state index in [0.29, 0.717) is 6.07 Å². The van der Waals surface area contributed by atoms with Gasteiger partial charge in [0.05, 0.1) is 0 Å². The summed E-state index contributed by atoms with van der Waals surface area (Å²) in [7, 11) is 0. The highest BCUT2D eigenvalue weighted by molar-refractivity contribution is 6.31. The number of rotatable bonds is 3. The number of carbonyl (C=O) groups is 2. The van der Waals surface area contributed by atoms with Crippen molar-refractivity contribution in [1.82, 2.24) is 10.3 Å². The fraction of sp³-hybridized carbons (Fsp3) is 0.357. The second-order valence-corrected chi connectivity index (χ2v) is 5.92. The van der Waals surface area contributed by atoms with Crippen molar-refractivity contribution in [3.05, 3.63) is 34.2 Å². The molecule has 0 saturated heterocycles. The number of pyridine rings is 1. The highest BCUT2D eigenvalue weighted by Crippen LogP contribution is 2.29. The molecule has 132 valence electrons. The zero-order chi connectivity index (χ0) is 18.7. The molecular formula is C14H14ClF3N2O4. The number of aliphatic carboxylic acids is 1. The van der Waals surface area contributed by atoms with Crippen LogP contribution in [0.3, 0.4) is 0 Å². The Morgan fingerprint density at radius 1 is 1.29 bits per heavy atom. The quantitative estimate of drug-likeness (QED) is 0.629. The van der Waals surface area contributed by atoms with Crippen LogP contribution in [-0.2, 0) is 15.7 Å². The lowest BCUT2D eigenvalue weighted by Gasteiger charge is -2.19. The number of halogens is 4. The number of carbonyl (C=O) groups excluding carboxylic acids is 1. The Hall–Kier alpha value is -2.29. The Kier molecular flexibility index (Phi) is 5.83. The van der Waals surface area contributed by atoms with Crippen molar-refractivity contribution in [3.63, 3.8) is 0 Å². The van der Waals surface area contributed by atoms with E-state index in [9.17, 15) is 22.8 Å². The van der Waals surface area contributed by atoms with Crippen molar-refractivity contribution in [2.75, 3.05) is 0 Å². The number of nitrogens with one attached hydrogen (secondary N) is 1. The van der Waals surface area contributed by atoms with E-state index in [1.165, 1.54) is 0 Å². The first-order chi connectivity index (χ1) is 10.8. The minimum absolute atomic E-state index is 0.113. The van der Waals surface area contributed by atoms with Gasteiger partial charge in [0.1, 0.15) is 22.1 Å². The largest absolute Gasteiger partial charge is 0.477 e. The molecule has 1 amide bonds. The van der Waals surface area contributed by atoms with E-state index in [1.807, 2.05) is 5.32 Å². The van der Waals surface area contributed by atoms with Crippen LogP contribution < -0.4 is 5.32 Å². The normalized spacial score (nSPS) is 12.7. The number of ether oxygens (including phenoxy) is 1. The third-order valence-corrected chi connectivity index (χ3v) is 2.64. The van der Waals surface area contributed by atoms with Crippen LogP contribution in [0, 0.1) is 0 Å². The van der Waals surface area contributed by atoms with Crippen LogP contribution in [0.25, 0.3) is 6.08 Å². The molecule has 0 aromatic carbocycles. The third-order valence-electron chi connectivity index (χ3n) is 2.33. The number of alkyl halides is 3. The van der Waals surface area contributed by atoms with Gasteiger partial charge in [0.25, 0.3) is 0 Å². The maximum Gasteiger partial charge on any atom is 0.433 e. The van der Waals surface area contributed by atoms with Gasteiger partial charge in [0.15, 0.2) is 0 Å². The van der Waals surface area contributed by atoms with Crippen molar-refractivity contribution in [1.29, 1.82) is 0 Å². The second-order valence-electron chi connectivity index (χ2n) is 5.56. The van der Waals surface area contributed by atoms with E-state index < -0.39 is 40.4 Å². The van der Waals surface area contributed by atoms with E-state index in [4.69, 9.17) is 21.4 Å². The fourth-order valence-corrected chi connectivity index (χ4v) is 1.64. The summed E-state index contributed by atoms with van der Waals surface area (Å²) in [6.07, 6.45) is -4.84. The Balaban J connectivity index is 3.09. The zero-order valence-electron chi connectivity index (χ0n) is 12.9. The summed E-state index contributed by atoms with van der Waals surface area (Å²) in [4.78, 5) is 25.9. The van der Waals surface area contributed by atoms with Crippen LogP contribution in [-0.4, -0.2) is 27.8 Å². The molecule has 1 heterocycles. The first-order valence-electron chi connectivity index (χ1n) is 6.48. The molecule has 0 aliphatic heterocycles. The van der Waals surface area contributed by atoms with Gasteiger partial charge in [-0.2, -0.15) is 13.2 Å². The average molecular weight is 367 g/mol. The Morgan fingerprint density at radius 2 is 1.88 bits per heavy atom. The van der Waals surface area contributed by atoms with E-state index >= 15 is 0 Å². The molecule has 0 aliphatic carbocycles. The first-order valence-corrected chi connectivity index (χ1v) is 6.86. The predicted molar refractivity (Wildman–Crippen MR) is 79.2 cm³/mol. The van der Waals surface area contributed by atoms with Crippen molar-refractivity contribution < 1.29 is 32.6 Å². The number of hydrogen-bond acceptors (Lipinski definition) is 4. The first kappa shape index (κ1) is 19.8. The summed E-state index contributed by atoms with van der Waals surface area (Å²) in [5, 5.41) is 10.5. The second kappa shape index (κ2) is 7.08. The monoisotopic (exact) mass is 366 g/mol. The van der Waals surface area contributed by atoms with Crippen LogP contribution in [0.1, 0.15) is 32.0 Å². The Morgan fingerprint density at radius 3 is 2.29 bits per heavy atom. The molecule has 0 saturated carbocycles. The van der Waals surface area contributed by atoms with Crippen LogP contribution >= 0.6 is 11.6 Å². The van der Waals surface area contributed by atoms with Gasteiger partial charge in [0, 0.05) is 5.56 Å². The van der Waals surface area contributed by atoms with Crippen LogP contribution in [0.15, 0.2) is 17.8 Å². The molecule has 0 radical (unpaired) electrons. The minimum Gasteiger partial charge on any atom is -0.477 e. The molecular weight excluding hydrogens is 353 g/mol. The summed E-state index contributed by atoms with van der Waals surface area (Å²) in [5.41, 5.74) is -2.83. The number of alkyl carbamates (subject to hydrolysis) is 1. The van der Waals surface area contributed by atoms with Crippen molar-refractivity contribution in [3.8, 4) is 0 Å².